The number of aromatic nitrogens is 1. The molecule has 102 valence electrons. The Labute approximate surface area is 114 Å². The number of nitrogens with one attached hydrogen (secondary N) is 2. The molecule has 0 saturated carbocycles. The highest BCUT2D eigenvalue weighted by Crippen LogP contribution is 2.10. The third-order valence-corrected chi connectivity index (χ3v) is 3.28. The van der Waals surface area contributed by atoms with E-state index in [1.807, 2.05) is 0 Å². The third kappa shape index (κ3) is 6.33. The van der Waals surface area contributed by atoms with Crippen molar-refractivity contribution < 1.29 is 17.7 Å². The minimum absolute atomic E-state index is 0.0479. The molecule has 0 radical (unpaired) electrons. The summed E-state index contributed by atoms with van der Waals surface area (Å²) in [6, 6.07) is -0.475. The Kier molecular flexibility index (Phi) is 6.05. The van der Waals surface area contributed by atoms with Gasteiger partial charge in [-0.05, 0) is 6.92 Å². The summed E-state index contributed by atoms with van der Waals surface area (Å²) in [4.78, 5) is 15.5. The zero-order chi connectivity index (χ0) is 13.6. The van der Waals surface area contributed by atoms with Crippen molar-refractivity contribution in [3.8, 4) is 0 Å². The van der Waals surface area contributed by atoms with Crippen molar-refractivity contribution in [3.05, 3.63) is 11.6 Å². The molecule has 0 aliphatic heterocycles. The highest BCUT2D eigenvalue weighted by Gasteiger charge is 2.13. The molecule has 0 bridgehead atoms. The van der Waals surface area contributed by atoms with Crippen molar-refractivity contribution in [1.82, 2.24) is 10.3 Å². The lowest BCUT2D eigenvalue weighted by Crippen LogP contribution is -2.39. The van der Waals surface area contributed by atoms with Gasteiger partial charge in [0.1, 0.15) is 0 Å². The Hall–Kier alpha value is -0.650. The number of carbonyl (C=O) groups is 1. The molecular weight excluding hydrogens is 298 g/mol. The number of anilines is 1. The fraction of sp³-hybridized carbons (Fsp3) is 0.500. The van der Waals surface area contributed by atoms with E-state index in [9.17, 15) is 9.00 Å². The Morgan fingerprint density at radius 2 is 2.50 bits per heavy atom. The first-order valence-electron chi connectivity index (χ1n) is 4.94. The van der Waals surface area contributed by atoms with Crippen molar-refractivity contribution in [2.45, 2.75) is 13.0 Å². The van der Waals surface area contributed by atoms with Crippen molar-refractivity contribution in [2.24, 2.45) is 0 Å². The quantitative estimate of drug-likeness (QED) is 0.619. The van der Waals surface area contributed by atoms with Crippen LogP contribution >= 0.6 is 11.3 Å². The van der Waals surface area contributed by atoms with Gasteiger partial charge in [0.15, 0.2) is 5.13 Å². The van der Waals surface area contributed by atoms with E-state index in [0.29, 0.717) is 5.13 Å². The van der Waals surface area contributed by atoms with E-state index in [0.717, 1.165) is 0 Å². The van der Waals surface area contributed by atoms with Crippen LogP contribution in [0.3, 0.4) is 0 Å². The van der Waals surface area contributed by atoms with E-state index in [4.69, 9.17) is 4.55 Å². The summed E-state index contributed by atoms with van der Waals surface area (Å²) in [7, 11) is -3.60. The van der Waals surface area contributed by atoms with Crippen LogP contribution in [0.4, 0.5) is 5.13 Å². The minimum Gasteiger partial charge on any atom is -0.304 e. The van der Waals surface area contributed by atoms with Gasteiger partial charge in [0.05, 0.1) is 12.6 Å². The summed E-state index contributed by atoms with van der Waals surface area (Å²) in [5.41, 5.74) is 0. The zero-order valence-corrected chi connectivity index (χ0v) is 11.9. The topological polar surface area (TPSA) is 101 Å². The molecule has 0 aliphatic rings. The summed E-state index contributed by atoms with van der Waals surface area (Å²) in [5, 5.41) is 7.72. The van der Waals surface area contributed by atoms with Crippen molar-refractivity contribution in [1.29, 1.82) is 0 Å². The van der Waals surface area contributed by atoms with Gasteiger partial charge in [-0.2, -0.15) is 4.21 Å². The molecule has 0 fully saturated rings. The number of thiazole rings is 1. The van der Waals surface area contributed by atoms with E-state index in [-0.39, 0.29) is 19.1 Å². The molecule has 3 N–H and O–H groups in total. The Balaban J connectivity index is 2.24. The van der Waals surface area contributed by atoms with E-state index < -0.39 is 15.1 Å². The van der Waals surface area contributed by atoms with Crippen LogP contribution in [0.5, 0.6) is 0 Å². The van der Waals surface area contributed by atoms with Gasteiger partial charge in [-0.1, -0.05) is 0 Å². The average molecular weight is 311 g/mol. The predicted molar refractivity (Wildman–Crippen MR) is 72.3 cm³/mol. The lowest BCUT2D eigenvalue weighted by atomic mass is 10.3. The first-order chi connectivity index (χ1) is 8.38. The molecular formula is C8H13N3O4S3. The Morgan fingerprint density at radius 3 is 3.06 bits per heavy atom. The molecule has 10 heteroatoms. The van der Waals surface area contributed by atoms with Gasteiger partial charge in [-0.25, -0.2) is 4.98 Å². The summed E-state index contributed by atoms with van der Waals surface area (Å²) in [5.74, 6) is -0.243. The summed E-state index contributed by atoms with van der Waals surface area (Å²) >= 11 is 5.46. The molecule has 1 amide bonds. The van der Waals surface area contributed by atoms with Gasteiger partial charge in [0.2, 0.25) is 5.91 Å². The molecule has 0 aliphatic carbocycles. The predicted octanol–water partition coefficient (Wildman–Crippen LogP) is 0.211. The van der Waals surface area contributed by atoms with Gasteiger partial charge < -0.3 is 10.6 Å². The number of carbonyl (C=O) groups excluding carboxylic acids is 1. The molecule has 1 rings (SSSR count). The van der Waals surface area contributed by atoms with E-state index in [2.05, 4.69) is 31.0 Å². The summed E-state index contributed by atoms with van der Waals surface area (Å²) in [6.45, 7) is 1.85. The highest BCUT2D eigenvalue weighted by atomic mass is 32.9. The minimum atomic E-state index is -3.60. The van der Waals surface area contributed by atoms with Crippen LogP contribution in [0.2, 0.25) is 0 Å². The van der Waals surface area contributed by atoms with Gasteiger partial charge in [-0.3, -0.25) is 13.5 Å². The van der Waals surface area contributed by atoms with Gasteiger partial charge >= 0.3 is 0 Å². The second kappa shape index (κ2) is 7.07. The largest absolute Gasteiger partial charge is 0.304 e. The normalized spacial score (nSPS) is 15.9. The van der Waals surface area contributed by atoms with Gasteiger partial charge in [0, 0.05) is 29.3 Å². The molecule has 1 heterocycles. The van der Waals surface area contributed by atoms with Crippen LogP contribution in [0.1, 0.15) is 6.92 Å². The average Bonchev–Trinajstić information content (AvgIpc) is 2.75. The molecule has 0 spiro atoms. The summed E-state index contributed by atoms with van der Waals surface area (Å²) < 4.78 is 23.7. The third-order valence-electron chi connectivity index (χ3n) is 1.84. The molecule has 18 heavy (non-hydrogen) atoms. The molecule has 7 nitrogen and oxygen atoms in total. The Bertz CT molecular complexity index is 474. The van der Waals surface area contributed by atoms with Crippen LogP contribution in [0.25, 0.3) is 0 Å². The van der Waals surface area contributed by atoms with Crippen LogP contribution in [0.15, 0.2) is 11.6 Å². The van der Waals surface area contributed by atoms with Crippen LogP contribution in [-0.4, -0.2) is 38.8 Å². The van der Waals surface area contributed by atoms with Crippen LogP contribution < -0.4 is 10.6 Å². The maximum absolute atomic E-state index is 11.6. The lowest BCUT2D eigenvalue weighted by molar-refractivity contribution is -0.117. The van der Waals surface area contributed by atoms with E-state index in [1.165, 1.54) is 11.3 Å². The van der Waals surface area contributed by atoms with Gasteiger partial charge in [-0.15, -0.1) is 11.3 Å². The SMILES string of the molecule is C[C@H](NCCOS(=O)(O)=S)C(=O)Nc1nccs1. The van der Waals surface area contributed by atoms with Crippen molar-refractivity contribution in [3.63, 3.8) is 0 Å². The second-order valence-corrected chi connectivity index (χ2v) is 6.50. The summed E-state index contributed by atoms with van der Waals surface area (Å²) in [6.07, 6.45) is 1.59. The molecule has 0 saturated heterocycles. The molecule has 2 atom stereocenters. The maximum Gasteiger partial charge on any atom is 0.266 e. The van der Waals surface area contributed by atoms with Gasteiger partial charge in [0.25, 0.3) is 9.05 Å². The lowest BCUT2D eigenvalue weighted by Gasteiger charge is -2.12. The number of nitrogens with zero attached hydrogens (tertiary/aromatic N) is 1. The Morgan fingerprint density at radius 1 is 1.78 bits per heavy atom. The van der Waals surface area contributed by atoms with Crippen LogP contribution in [0, 0.1) is 0 Å². The van der Waals surface area contributed by atoms with E-state index >= 15 is 0 Å². The monoisotopic (exact) mass is 311 g/mol. The zero-order valence-electron chi connectivity index (χ0n) is 9.49. The number of hydrogen-bond acceptors (Lipinski definition) is 7. The molecule has 1 unspecified atom stereocenters. The highest BCUT2D eigenvalue weighted by molar-refractivity contribution is 8.27. The smallest absolute Gasteiger partial charge is 0.266 e. The fourth-order valence-corrected chi connectivity index (χ4v) is 2.04. The van der Waals surface area contributed by atoms with Crippen LogP contribution in [-0.2, 0) is 29.2 Å². The standard InChI is InChI=1S/C8H13N3O4S3/c1-6(9-2-4-15-18(13,14)16)7(12)11-8-10-3-5-17-8/h3,5-6,9H,2,4H2,1H3,(H,10,11,12)(H,13,14,16)/t6-/m0/s1. The number of amides is 1. The maximum atomic E-state index is 11.6. The fourth-order valence-electron chi connectivity index (χ4n) is 1.01. The second-order valence-electron chi connectivity index (χ2n) is 3.25. The van der Waals surface area contributed by atoms with Crippen molar-refractivity contribution in [2.75, 3.05) is 18.5 Å². The molecule has 0 aromatic carbocycles. The number of rotatable bonds is 7. The van der Waals surface area contributed by atoms with Crippen molar-refractivity contribution >= 4 is 42.6 Å². The first kappa shape index (κ1) is 15.4. The first-order valence-corrected chi connectivity index (χ1v) is 8.18. The molecule has 1 aromatic heterocycles. The molecule has 1 aromatic rings. The van der Waals surface area contributed by atoms with E-state index in [1.54, 1.807) is 18.5 Å². The number of hydrogen-bond donors (Lipinski definition) is 3.